The zero-order valence-electron chi connectivity index (χ0n) is 16.0. The van der Waals surface area contributed by atoms with Gasteiger partial charge < -0.3 is 19.9 Å². The van der Waals surface area contributed by atoms with Crippen LogP contribution in [0.4, 0.5) is 18.9 Å². The highest BCUT2D eigenvalue weighted by Crippen LogP contribution is 2.29. The standard InChI is InChI=1S/C20H17ClF3N3O4/c21-15-6-5-14(11-16(15)31-20(23)24)25-17(28)19(30)27-9-7-26(8-10-27)18(29)12-1-3-13(22)4-2-12/h1-6,11,20H,7-10H2,(H,25,28). The van der Waals surface area contributed by atoms with Gasteiger partial charge in [0.05, 0.1) is 5.02 Å². The van der Waals surface area contributed by atoms with Crippen LogP contribution in [-0.2, 0) is 9.59 Å². The van der Waals surface area contributed by atoms with Gasteiger partial charge in [-0.2, -0.15) is 8.78 Å². The lowest BCUT2D eigenvalue weighted by molar-refractivity contribution is -0.144. The van der Waals surface area contributed by atoms with Crippen molar-refractivity contribution in [3.8, 4) is 5.75 Å². The van der Waals surface area contributed by atoms with E-state index in [0.29, 0.717) is 5.56 Å². The second-order valence-electron chi connectivity index (χ2n) is 6.57. The summed E-state index contributed by atoms with van der Waals surface area (Å²) in [5.74, 6) is -2.89. The van der Waals surface area contributed by atoms with Crippen molar-refractivity contribution in [3.05, 3.63) is 58.9 Å². The van der Waals surface area contributed by atoms with Gasteiger partial charge in [-0.25, -0.2) is 4.39 Å². The molecule has 1 aliphatic rings. The summed E-state index contributed by atoms with van der Waals surface area (Å²) in [5, 5.41) is 2.24. The highest BCUT2D eigenvalue weighted by atomic mass is 35.5. The van der Waals surface area contributed by atoms with Crippen molar-refractivity contribution in [2.75, 3.05) is 31.5 Å². The quantitative estimate of drug-likeness (QED) is 0.719. The normalized spacial score (nSPS) is 13.8. The molecule has 11 heteroatoms. The summed E-state index contributed by atoms with van der Waals surface area (Å²) in [6, 6.07) is 8.79. The van der Waals surface area contributed by atoms with Crippen LogP contribution in [0.1, 0.15) is 10.4 Å². The third-order valence-electron chi connectivity index (χ3n) is 4.54. The number of nitrogens with one attached hydrogen (secondary N) is 1. The summed E-state index contributed by atoms with van der Waals surface area (Å²) in [4.78, 5) is 39.9. The monoisotopic (exact) mass is 455 g/mol. The third kappa shape index (κ3) is 5.66. The molecule has 31 heavy (non-hydrogen) atoms. The molecule has 1 saturated heterocycles. The van der Waals surface area contributed by atoms with Crippen molar-refractivity contribution >= 4 is 35.0 Å². The van der Waals surface area contributed by atoms with Crippen molar-refractivity contribution in [2.24, 2.45) is 0 Å². The van der Waals surface area contributed by atoms with Gasteiger partial charge in [0.25, 0.3) is 5.91 Å². The van der Waals surface area contributed by atoms with E-state index in [9.17, 15) is 27.6 Å². The summed E-state index contributed by atoms with van der Waals surface area (Å²) in [5.41, 5.74) is 0.381. The van der Waals surface area contributed by atoms with Gasteiger partial charge in [-0.05, 0) is 36.4 Å². The molecule has 3 amide bonds. The molecule has 1 aliphatic heterocycles. The first kappa shape index (κ1) is 22.4. The van der Waals surface area contributed by atoms with Crippen LogP contribution in [0.5, 0.6) is 5.75 Å². The Morgan fingerprint density at radius 2 is 1.58 bits per heavy atom. The highest BCUT2D eigenvalue weighted by Gasteiger charge is 2.28. The van der Waals surface area contributed by atoms with Crippen LogP contribution in [-0.4, -0.2) is 60.3 Å². The summed E-state index contributed by atoms with van der Waals surface area (Å²) >= 11 is 5.76. The predicted molar refractivity (Wildman–Crippen MR) is 106 cm³/mol. The maximum atomic E-state index is 13.0. The van der Waals surface area contributed by atoms with Crippen LogP contribution in [0, 0.1) is 5.82 Å². The predicted octanol–water partition coefficient (Wildman–Crippen LogP) is 3.00. The van der Waals surface area contributed by atoms with E-state index in [4.69, 9.17) is 11.6 Å². The molecular formula is C20H17ClF3N3O4. The Kier molecular flexibility index (Phi) is 7.01. The smallest absolute Gasteiger partial charge is 0.387 e. The van der Waals surface area contributed by atoms with E-state index >= 15 is 0 Å². The Hall–Kier alpha value is -3.27. The first-order valence-electron chi connectivity index (χ1n) is 9.14. The topological polar surface area (TPSA) is 79.0 Å². The third-order valence-corrected chi connectivity index (χ3v) is 4.86. The molecule has 1 heterocycles. The zero-order chi connectivity index (χ0) is 22.5. The maximum absolute atomic E-state index is 13.0. The van der Waals surface area contributed by atoms with Crippen LogP contribution in [0.25, 0.3) is 0 Å². The van der Waals surface area contributed by atoms with Gasteiger partial charge in [-0.1, -0.05) is 11.6 Å². The fraction of sp³-hybridized carbons (Fsp3) is 0.250. The van der Waals surface area contributed by atoms with Crippen LogP contribution < -0.4 is 10.1 Å². The number of hydrogen-bond donors (Lipinski definition) is 1. The number of rotatable bonds is 4. The summed E-state index contributed by atoms with van der Waals surface area (Å²) in [7, 11) is 0. The lowest BCUT2D eigenvalue weighted by atomic mass is 10.1. The van der Waals surface area contributed by atoms with Crippen molar-refractivity contribution in [3.63, 3.8) is 0 Å². The number of ether oxygens (including phenoxy) is 1. The molecule has 0 radical (unpaired) electrons. The Morgan fingerprint density at radius 3 is 2.19 bits per heavy atom. The number of alkyl halides is 2. The van der Waals surface area contributed by atoms with Crippen LogP contribution in [0.2, 0.25) is 5.02 Å². The second-order valence-corrected chi connectivity index (χ2v) is 6.98. The van der Waals surface area contributed by atoms with E-state index in [2.05, 4.69) is 10.1 Å². The lowest BCUT2D eigenvalue weighted by Gasteiger charge is -2.34. The number of carbonyl (C=O) groups excluding carboxylic acids is 3. The fourth-order valence-corrected chi connectivity index (χ4v) is 3.15. The molecule has 2 aromatic rings. The van der Waals surface area contributed by atoms with Crippen molar-refractivity contribution in [2.45, 2.75) is 6.61 Å². The fourth-order valence-electron chi connectivity index (χ4n) is 2.98. The van der Waals surface area contributed by atoms with E-state index in [1.165, 1.54) is 46.2 Å². The number of halogens is 4. The van der Waals surface area contributed by atoms with E-state index < -0.39 is 24.2 Å². The van der Waals surface area contributed by atoms with E-state index in [1.54, 1.807) is 0 Å². The Morgan fingerprint density at radius 1 is 0.968 bits per heavy atom. The minimum absolute atomic E-state index is 0.0588. The Labute approximate surface area is 180 Å². The number of carbonyl (C=O) groups is 3. The summed E-state index contributed by atoms with van der Waals surface area (Å²) < 4.78 is 42.1. The Bertz CT molecular complexity index is 980. The number of amides is 3. The Balaban J connectivity index is 1.56. The first-order chi connectivity index (χ1) is 14.7. The molecule has 0 aliphatic carbocycles. The van der Waals surface area contributed by atoms with Crippen LogP contribution in [0.15, 0.2) is 42.5 Å². The van der Waals surface area contributed by atoms with E-state index in [1.807, 2.05) is 0 Å². The van der Waals surface area contributed by atoms with Crippen molar-refractivity contribution in [1.82, 2.24) is 9.80 Å². The summed E-state index contributed by atoms with van der Waals surface area (Å²) in [6.45, 7) is -2.46. The van der Waals surface area contributed by atoms with Crippen LogP contribution >= 0.6 is 11.6 Å². The van der Waals surface area contributed by atoms with Gasteiger partial charge in [0.15, 0.2) is 0 Å². The first-order valence-corrected chi connectivity index (χ1v) is 9.52. The molecule has 1 N–H and O–H groups in total. The molecule has 3 rings (SSSR count). The molecule has 2 aromatic carbocycles. The average molecular weight is 456 g/mol. The minimum Gasteiger partial charge on any atom is -0.433 e. The SMILES string of the molecule is O=C(Nc1ccc(Cl)c(OC(F)F)c1)C(=O)N1CCN(C(=O)c2ccc(F)cc2)CC1. The van der Waals surface area contributed by atoms with Gasteiger partial charge in [0.2, 0.25) is 0 Å². The molecule has 0 unspecified atom stereocenters. The van der Waals surface area contributed by atoms with Gasteiger partial charge in [-0.3, -0.25) is 14.4 Å². The molecule has 0 saturated carbocycles. The second kappa shape index (κ2) is 9.69. The molecular weight excluding hydrogens is 439 g/mol. The van der Waals surface area contributed by atoms with Crippen molar-refractivity contribution < 1.29 is 32.3 Å². The number of nitrogens with zero attached hydrogens (tertiary/aromatic N) is 2. The lowest BCUT2D eigenvalue weighted by Crippen LogP contribution is -2.53. The molecule has 0 bridgehead atoms. The number of anilines is 1. The summed E-state index contributed by atoms with van der Waals surface area (Å²) in [6.07, 6.45) is 0. The number of piperazine rings is 1. The van der Waals surface area contributed by atoms with Gasteiger partial charge in [-0.15, -0.1) is 0 Å². The molecule has 7 nitrogen and oxygen atoms in total. The van der Waals surface area contributed by atoms with Crippen molar-refractivity contribution in [1.29, 1.82) is 0 Å². The number of hydrogen-bond acceptors (Lipinski definition) is 4. The zero-order valence-corrected chi connectivity index (χ0v) is 16.7. The molecule has 1 fully saturated rings. The van der Waals surface area contributed by atoms with Gasteiger partial charge >= 0.3 is 18.4 Å². The van der Waals surface area contributed by atoms with Gasteiger partial charge in [0, 0.05) is 43.5 Å². The minimum atomic E-state index is -3.10. The molecule has 164 valence electrons. The molecule has 0 aromatic heterocycles. The highest BCUT2D eigenvalue weighted by molar-refractivity contribution is 6.39. The maximum Gasteiger partial charge on any atom is 0.387 e. The molecule has 0 spiro atoms. The molecule has 0 atom stereocenters. The van der Waals surface area contributed by atoms with Crippen LogP contribution in [0.3, 0.4) is 0 Å². The number of benzene rings is 2. The van der Waals surface area contributed by atoms with Gasteiger partial charge in [0.1, 0.15) is 11.6 Å². The van der Waals surface area contributed by atoms with E-state index in [0.717, 1.165) is 6.07 Å². The van der Waals surface area contributed by atoms with E-state index in [-0.39, 0.29) is 48.5 Å². The average Bonchev–Trinajstić information content (AvgIpc) is 2.75. The largest absolute Gasteiger partial charge is 0.433 e.